The average molecular weight is 243 g/mol. The van der Waals surface area contributed by atoms with Gasteiger partial charge in [-0.15, -0.1) is 0 Å². The second kappa shape index (κ2) is 7.34. The van der Waals surface area contributed by atoms with Crippen LogP contribution in [0, 0.1) is 17.8 Å². The molecule has 2 unspecified atom stereocenters. The Hall–Kier alpha value is -0.120. The highest BCUT2D eigenvalue weighted by Crippen LogP contribution is 2.17. The smallest absolute Gasteiger partial charge is 0.0624 e. The summed E-state index contributed by atoms with van der Waals surface area (Å²) in [6.45, 7) is 13.6. The maximum Gasteiger partial charge on any atom is 0.0624 e. The first-order chi connectivity index (χ1) is 7.99. The number of hydrogen-bond acceptors (Lipinski definition) is 3. The molecule has 3 heteroatoms. The molecule has 1 aliphatic rings. The lowest BCUT2D eigenvalue weighted by Crippen LogP contribution is -2.43. The van der Waals surface area contributed by atoms with E-state index in [0.29, 0.717) is 31.0 Å². The Bertz CT molecular complexity index is 196. The Morgan fingerprint density at radius 2 is 1.76 bits per heavy atom. The van der Waals surface area contributed by atoms with Crippen LogP contribution < -0.4 is 0 Å². The van der Waals surface area contributed by atoms with Gasteiger partial charge in [0.2, 0.25) is 0 Å². The largest absolute Gasteiger partial charge is 0.393 e. The van der Waals surface area contributed by atoms with Crippen molar-refractivity contribution in [1.82, 2.24) is 4.90 Å². The van der Waals surface area contributed by atoms with E-state index in [4.69, 9.17) is 4.74 Å². The van der Waals surface area contributed by atoms with E-state index in [1.54, 1.807) is 0 Å². The van der Waals surface area contributed by atoms with Crippen LogP contribution in [-0.2, 0) is 4.74 Å². The Labute approximate surface area is 106 Å². The molecule has 0 amide bonds. The fraction of sp³-hybridized carbons (Fsp3) is 1.00. The molecule has 0 spiro atoms. The Balaban J connectivity index is 2.45. The molecule has 0 aromatic rings. The Morgan fingerprint density at radius 3 is 2.24 bits per heavy atom. The highest BCUT2D eigenvalue weighted by Gasteiger charge is 2.26. The van der Waals surface area contributed by atoms with Gasteiger partial charge in [-0.3, -0.25) is 0 Å². The molecule has 1 fully saturated rings. The number of aliphatic hydroxyl groups is 1. The van der Waals surface area contributed by atoms with Crippen LogP contribution in [0.25, 0.3) is 0 Å². The molecule has 1 aliphatic heterocycles. The third kappa shape index (κ3) is 5.84. The lowest BCUT2D eigenvalue weighted by atomic mass is 9.97. The van der Waals surface area contributed by atoms with Gasteiger partial charge >= 0.3 is 0 Å². The third-order valence-electron chi connectivity index (χ3n) is 3.17. The Kier molecular flexibility index (Phi) is 6.45. The van der Waals surface area contributed by atoms with Crippen LogP contribution in [0.4, 0.5) is 0 Å². The number of ether oxygens (including phenoxy) is 1. The zero-order valence-electron chi connectivity index (χ0n) is 11.9. The summed E-state index contributed by atoms with van der Waals surface area (Å²) in [4.78, 5) is 2.48. The van der Waals surface area contributed by atoms with E-state index in [0.717, 1.165) is 26.1 Å². The first kappa shape index (κ1) is 14.9. The molecule has 2 atom stereocenters. The van der Waals surface area contributed by atoms with Gasteiger partial charge in [0.1, 0.15) is 0 Å². The number of rotatable bonds is 6. The topological polar surface area (TPSA) is 32.7 Å². The van der Waals surface area contributed by atoms with Gasteiger partial charge in [-0.2, -0.15) is 0 Å². The van der Waals surface area contributed by atoms with Gasteiger partial charge < -0.3 is 14.7 Å². The molecule has 0 aromatic heterocycles. The van der Waals surface area contributed by atoms with Crippen LogP contribution in [0.3, 0.4) is 0 Å². The van der Waals surface area contributed by atoms with Crippen molar-refractivity contribution < 1.29 is 9.84 Å². The van der Waals surface area contributed by atoms with Crippen LogP contribution in [-0.4, -0.2) is 49.0 Å². The monoisotopic (exact) mass is 243 g/mol. The summed E-state index contributed by atoms with van der Waals surface area (Å²) >= 11 is 0. The molecule has 1 saturated heterocycles. The van der Waals surface area contributed by atoms with E-state index in [9.17, 15) is 5.11 Å². The SMILES string of the molecule is CC(C)CN(CC(C)C)CC1COCCC1O. The second-order valence-corrected chi connectivity index (χ2v) is 6.20. The zero-order chi connectivity index (χ0) is 12.8. The van der Waals surface area contributed by atoms with Crippen LogP contribution in [0.2, 0.25) is 0 Å². The highest BCUT2D eigenvalue weighted by molar-refractivity contribution is 4.77. The second-order valence-electron chi connectivity index (χ2n) is 6.20. The number of aliphatic hydroxyl groups excluding tert-OH is 1. The molecule has 3 nitrogen and oxygen atoms in total. The maximum atomic E-state index is 9.98. The van der Waals surface area contributed by atoms with E-state index in [-0.39, 0.29) is 6.10 Å². The standard InChI is InChI=1S/C14H29NO2/c1-11(2)7-15(8-12(3)4)9-13-10-17-6-5-14(13)16/h11-14,16H,5-10H2,1-4H3. The van der Waals surface area contributed by atoms with Gasteiger partial charge in [0.25, 0.3) is 0 Å². The predicted molar refractivity (Wildman–Crippen MR) is 71.0 cm³/mol. The molecule has 0 saturated carbocycles. The minimum Gasteiger partial charge on any atom is -0.393 e. The van der Waals surface area contributed by atoms with Crippen LogP contribution in [0.1, 0.15) is 34.1 Å². The highest BCUT2D eigenvalue weighted by atomic mass is 16.5. The zero-order valence-corrected chi connectivity index (χ0v) is 11.9. The summed E-state index contributed by atoms with van der Waals surface area (Å²) in [7, 11) is 0. The molecule has 0 radical (unpaired) electrons. The minimum atomic E-state index is -0.175. The summed E-state index contributed by atoms with van der Waals surface area (Å²) in [5.41, 5.74) is 0. The first-order valence-electron chi connectivity index (χ1n) is 6.97. The van der Waals surface area contributed by atoms with E-state index in [1.165, 1.54) is 0 Å². The predicted octanol–water partition coefficient (Wildman–Crippen LogP) is 2.00. The van der Waals surface area contributed by atoms with Crippen molar-refractivity contribution in [1.29, 1.82) is 0 Å². The summed E-state index contributed by atoms with van der Waals surface area (Å²) < 4.78 is 5.48. The van der Waals surface area contributed by atoms with E-state index in [2.05, 4.69) is 32.6 Å². The lowest BCUT2D eigenvalue weighted by molar-refractivity contribution is -0.0483. The number of nitrogens with zero attached hydrogens (tertiary/aromatic N) is 1. The summed E-state index contributed by atoms with van der Waals surface area (Å²) in [5.74, 6) is 1.65. The maximum absolute atomic E-state index is 9.98. The van der Waals surface area contributed by atoms with Gasteiger partial charge in [0.05, 0.1) is 12.7 Å². The van der Waals surface area contributed by atoms with Gasteiger partial charge in [-0.25, -0.2) is 0 Å². The van der Waals surface area contributed by atoms with Crippen LogP contribution in [0.15, 0.2) is 0 Å². The Morgan fingerprint density at radius 1 is 1.18 bits per heavy atom. The van der Waals surface area contributed by atoms with Crippen molar-refractivity contribution in [3.8, 4) is 0 Å². The summed E-state index contributed by atoms with van der Waals surface area (Å²) in [6.07, 6.45) is 0.618. The summed E-state index contributed by atoms with van der Waals surface area (Å²) in [5, 5.41) is 9.98. The quantitative estimate of drug-likeness (QED) is 0.774. The van der Waals surface area contributed by atoms with Gasteiger partial charge in [-0.05, 0) is 18.3 Å². The molecule has 0 aromatic carbocycles. The third-order valence-corrected chi connectivity index (χ3v) is 3.17. The lowest BCUT2D eigenvalue weighted by Gasteiger charge is -2.34. The van der Waals surface area contributed by atoms with Crippen molar-refractivity contribution in [2.75, 3.05) is 32.8 Å². The minimum absolute atomic E-state index is 0.175. The first-order valence-corrected chi connectivity index (χ1v) is 6.97. The molecule has 17 heavy (non-hydrogen) atoms. The molecule has 0 bridgehead atoms. The van der Waals surface area contributed by atoms with E-state index < -0.39 is 0 Å². The van der Waals surface area contributed by atoms with Crippen molar-refractivity contribution in [2.45, 2.75) is 40.2 Å². The fourth-order valence-corrected chi connectivity index (χ4v) is 2.55. The number of hydrogen-bond donors (Lipinski definition) is 1. The van der Waals surface area contributed by atoms with Crippen molar-refractivity contribution in [3.05, 3.63) is 0 Å². The van der Waals surface area contributed by atoms with Crippen LogP contribution in [0.5, 0.6) is 0 Å². The fourth-order valence-electron chi connectivity index (χ4n) is 2.55. The molecule has 0 aliphatic carbocycles. The molecule has 1 rings (SSSR count). The van der Waals surface area contributed by atoms with Crippen molar-refractivity contribution >= 4 is 0 Å². The normalized spacial score (nSPS) is 26.1. The molecular weight excluding hydrogens is 214 g/mol. The van der Waals surface area contributed by atoms with Gasteiger partial charge in [0.15, 0.2) is 0 Å². The van der Waals surface area contributed by atoms with Gasteiger partial charge in [0, 0.05) is 32.2 Å². The van der Waals surface area contributed by atoms with Gasteiger partial charge in [-0.1, -0.05) is 27.7 Å². The van der Waals surface area contributed by atoms with E-state index >= 15 is 0 Å². The molecule has 102 valence electrons. The van der Waals surface area contributed by atoms with Crippen molar-refractivity contribution in [2.24, 2.45) is 17.8 Å². The molecule has 1 N–H and O–H groups in total. The molecule has 1 heterocycles. The van der Waals surface area contributed by atoms with Crippen molar-refractivity contribution in [3.63, 3.8) is 0 Å². The van der Waals surface area contributed by atoms with E-state index in [1.807, 2.05) is 0 Å². The summed E-state index contributed by atoms with van der Waals surface area (Å²) in [6, 6.07) is 0. The molecular formula is C14H29NO2. The average Bonchev–Trinajstić information content (AvgIpc) is 2.19. The van der Waals surface area contributed by atoms with Crippen LogP contribution >= 0.6 is 0 Å².